The van der Waals surface area contributed by atoms with Gasteiger partial charge in [0, 0.05) is 0 Å². The number of carbonyl (C=O) groups is 1. The largest absolute Gasteiger partial charge is 0.417 e. The van der Waals surface area contributed by atoms with Gasteiger partial charge in [-0.05, 0) is 36.2 Å². The van der Waals surface area contributed by atoms with Crippen molar-refractivity contribution in [2.75, 3.05) is 17.1 Å². The molecule has 3 rings (SSSR count). The van der Waals surface area contributed by atoms with E-state index < -0.39 is 45.3 Å². The van der Waals surface area contributed by atoms with Gasteiger partial charge in [-0.3, -0.25) is 9.10 Å². The molecule has 0 bridgehead atoms. The van der Waals surface area contributed by atoms with E-state index in [2.05, 4.69) is 5.32 Å². The van der Waals surface area contributed by atoms with E-state index in [0.29, 0.717) is 10.4 Å². The van der Waals surface area contributed by atoms with Crippen molar-refractivity contribution in [3.05, 3.63) is 100 Å². The van der Waals surface area contributed by atoms with Gasteiger partial charge >= 0.3 is 6.18 Å². The van der Waals surface area contributed by atoms with E-state index in [-0.39, 0.29) is 5.69 Å². The number of benzene rings is 3. The number of nitrogens with zero attached hydrogens (tertiary/aromatic N) is 1. The van der Waals surface area contributed by atoms with E-state index in [0.717, 1.165) is 35.1 Å². The third-order valence-corrected chi connectivity index (χ3v) is 6.55. The van der Waals surface area contributed by atoms with Gasteiger partial charge in [0.1, 0.15) is 6.54 Å². The fraction of sp³-hybridized carbons (Fsp3) is 0.208. The average molecular weight is 511 g/mol. The highest BCUT2D eigenvalue weighted by Gasteiger charge is 2.34. The molecule has 10 heteroatoms. The number of halogens is 4. The molecule has 0 radical (unpaired) electrons. The van der Waals surface area contributed by atoms with Crippen LogP contribution in [0.5, 0.6) is 0 Å². The lowest BCUT2D eigenvalue weighted by molar-refractivity contribution is -0.137. The summed E-state index contributed by atoms with van der Waals surface area (Å²) in [6.45, 7) is 1.21. The van der Waals surface area contributed by atoms with Gasteiger partial charge < -0.3 is 5.32 Å². The maximum absolute atomic E-state index is 13.3. The summed E-state index contributed by atoms with van der Waals surface area (Å²) in [4.78, 5) is 13.0. The Labute approximate surface area is 201 Å². The zero-order valence-corrected chi connectivity index (χ0v) is 19.9. The molecule has 34 heavy (non-hydrogen) atoms. The topological polar surface area (TPSA) is 66.5 Å². The van der Waals surface area contributed by atoms with Gasteiger partial charge in [0.2, 0.25) is 15.9 Å². The van der Waals surface area contributed by atoms with Crippen LogP contribution in [-0.2, 0) is 21.0 Å². The Morgan fingerprint density at radius 3 is 2.15 bits per heavy atom. The number of sulfonamides is 1. The molecule has 0 aliphatic rings. The lowest BCUT2D eigenvalue weighted by Crippen LogP contribution is -2.42. The minimum atomic E-state index is -4.79. The van der Waals surface area contributed by atoms with Crippen molar-refractivity contribution in [3.8, 4) is 0 Å². The Morgan fingerprint density at radius 2 is 1.59 bits per heavy atom. The molecule has 3 aromatic rings. The number of nitrogens with one attached hydrogen (secondary N) is 1. The van der Waals surface area contributed by atoms with Gasteiger partial charge in [-0.1, -0.05) is 71.8 Å². The van der Waals surface area contributed by atoms with Crippen LogP contribution in [0.1, 0.15) is 28.3 Å². The summed E-state index contributed by atoms with van der Waals surface area (Å²) < 4.78 is 65.3. The fourth-order valence-electron chi connectivity index (χ4n) is 3.39. The van der Waals surface area contributed by atoms with Crippen LogP contribution >= 0.6 is 11.6 Å². The molecule has 0 saturated heterocycles. The SMILES string of the molecule is Cc1ccc([C@H](NC(=O)CN(c2ccc(Cl)c(C(F)(F)F)c2)S(C)(=O)=O)c2ccccc2)cc1. The molecule has 180 valence electrons. The minimum Gasteiger partial charge on any atom is -0.344 e. The maximum atomic E-state index is 13.3. The molecule has 0 fully saturated rings. The predicted molar refractivity (Wildman–Crippen MR) is 126 cm³/mol. The van der Waals surface area contributed by atoms with Crippen molar-refractivity contribution < 1.29 is 26.4 Å². The van der Waals surface area contributed by atoms with E-state index in [1.165, 1.54) is 0 Å². The first kappa shape index (κ1) is 25.6. The van der Waals surface area contributed by atoms with E-state index in [1.54, 1.807) is 12.1 Å². The molecule has 1 amide bonds. The Bertz CT molecular complexity index is 1260. The van der Waals surface area contributed by atoms with Crippen molar-refractivity contribution in [2.45, 2.75) is 19.1 Å². The number of anilines is 1. The molecular formula is C24H22ClF3N2O3S. The van der Waals surface area contributed by atoms with Crippen LogP contribution in [0.2, 0.25) is 5.02 Å². The van der Waals surface area contributed by atoms with Crippen LogP contribution in [-0.4, -0.2) is 27.1 Å². The van der Waals surface area contributed by atoms with Crippen LogP contribution in [0.4, 0.5) is 18.9 Å². The fourth-order valence-corrected chi connectivity index (χ4v) is 4.46. The normalized spacial score (nSPS) is 12.8. The number of carbonyl (C=O) groups excluding carboxylic acids is 1. The Hall–Kier alpha value is -3.04. The minimum absolute atomic E-state index is 0.319. The number of amides is 1. The molecule has 1 N–H and O–H groups in total. The van der Waals surface area contributed by atoms with E-state index in [9.17, 15) is 26.4 Å². The molecule has 0 saturated carbocycles. The summed E-state index contributed by atoms with van der Waals surface area (Å²) in [5.74, 6) is -0.691. The van der Waals surface area contributed by atoms with E-state index >= 15 is 0 Å². The smallest absolute Gasteiger partial charge is 0.344 e. The first-order valence-electron chi connectivity index (χ1n) is 10.1. The first-order valence-corrected chi connectivity index (χ1v) is 12.3. The second kappa shape index (κ2) is 10.1. The van der Waals surface area contributed by atoms with Crippen molar-refractivity contribution in [1.82, 2.24) is 5.32 Å². The summed E-state index contributed by atoms with van der Waals surface area (Å²) in [5, 5.41) is 2.23. The molecular weight excluding hydrogens is 489 g/mol. The van der Waals surface area contributed by atoms with E-state index in [1.807, 2.05) is 49.4 Å². The Kier molecular flexibility index (Phi) is 7.57. The number of alkyl halides is 3. The lowest BCUT2D eigenvalue weighted by Gasteiger charge is -2.25. The molecule has 3 aromatic carbocycles. The summed E-state index contributed by atoms with van der Waals surface area (Å²) in [6, 6.07) is 18.6. The molecule has 0 heterocycles. The van der Waals surface area contributed by atoms with Crippen molar-refractivity contribution in [3.63, 3.8) is 0 Å². The quantitative estimate of drug-likeness (QED) is 0.466. The predicted octanol–water partition coefficient (Wildman–Crippen LogP) is 5.34. The summed E-state index contributed by atoms with van der Waals surface area (Å²) in [5.41, 5.74) is 1.04. The number of aryl methyl sites for hydroxylation is 1. The van der Waals surface area contributed by atoms with Crippen LogP contribution < -0.4 is 9.62 Å². The Balaban J connectivity index is 1.93. The first-order chi connectivity index (χ1) is 15.9. The van der Waals surface area contributed by atoms with Crippen molar-refractivity contribution in [1.29, 1.82) is 0 Å². The molecule has 0 spiro atoms. The third-order valence-electron chi connectivity index (χ3n) is 5.08. The zero-order valence-electron chi connectivity index (χ0n) is 18.3. The van der Waals surface area contributed by atoms with Crippen molar-refractivity contribution >= 4 is 33.2 Å². The van der Waals surface area contributed by atoms with Gasteiger partial charge in [-0.2, -0.15) is 13.2 Å². The monoisotopic (exact) mass is 510 g/mol. The number of hydrogen-bond acceptors (Lipinski definition) is 3. The van der Waals surface area contributed by atoms with Gasteiger partial charge in [-0.25, -0.2) is 8.42 Å². The van der Waals surface area contributed by atoms with Crippen molar-refractivity contribution in [2.24, 2.45) is 0 Å². The maximum Gasteiger partial charge on any atom is 0.417 e. The van der Waals surface area contributed by atoms with E-state index in [4.69, 9.17) is 11.6 Å². The van der Waals surface area contributed by atoms with Gasteiger partial charge in [0.05, 0.1) is 28.6 Å². The van der Waals surface area contributed by atoms with Gasteiger partial charge in [0.25, 0.3) is 0 Å². The highest BCUT2D eigenvalue weighted by molar-refractivity contribution is 7.92. The third kappa shape index (κ3) is 6.30. The molecule has 0 aliphatic heterocycles. The highest BCUT2D eigenvalue weighted by atomic mass is 35.5. The average Bonchev–Trinajstić information content (AvgIpc) is 2.76. The second-order valence-corrected chi connectivity index (χ2v) is 10.1. The second-order valence-electron chi connectivity index (χ2n) is 7.75. The molecule has 0 unspecified atom stereocenters. The zero-order chi connectivity index (χ0) is 25.1. The van der Waals surface area contributed by atoms with Crippen LogP contribution in [0, 0.1) is 6.92 Å². The van der Waals surface area contributed by atoms with Crippen LogP contribution in [0.15, 0.2) is 72.8 Å². The lowest BCUT2D eigenvalue weighted by atomic mass is 9.98. The number of rotatable bonds is 7. The van der Waals surface area contributed by atoms with Crippen LogP contribution in [0.25, 0.3) is 0 Å². The molecule has 0 aromatic heterocycles. The van der Waals surface area contributed by atoms with Crippen LogP contribution in [0.3, 0.4) is 0 Å². The van der Waals surface area contributed by atoms with Gasteiger partial charge in [-0.15, -0.1) is 0 Å². The molecule has 1 atom stereocenters. The standard InChI is InChI=1S/C24H22ClF3N2O3S/c1-16-8-10-18(11-9-16)23(17-6-4-3-5-7-17)29-22(31)15-30(34(2,32)33)19-12-13-21(25)20(14-19)24(26,27)28/h3-14,23H,15H2,1-2H3,(H,29,31)/t23-/m1/s1. The molecule has 0 aliphatic carbocycles. The summed E-state index contributed by atoms with van der Waals surface area (Å²) >= 11 is 5.65. The number of hydrogen-bond donors (Lipinski definition) is 1. The van der Waals surface area contributed by atoms with Gasteiger partial charge in [0.15, 0.2) is 0 Å². The highest BCUT2D eigenvalue weighted by Crippen LogP contribution is 2.37. The summed E-state index contributed by atoms with van der Waals surface area (Å²) in [6.07, 6.45) is -3.97. The molecule has 5 nitrogen and oxygen atoms in total. The summed E-state index contributed by atoms with van der Waals surface area (Å²) in [7, 11) is -4.10. The Morgan fingerprint density at radius 1 is 1.00 bits per heavy atom.